The Hall–Kier alpha value is -1.40. The molecular weight excluding hydrogens is 232 g/mol. The predicted octanol–water partition coefficient (Wildman–Crippen LogP) is 0.680. The summed E-state index contributed by atoms with van der Waals surface area (Å²) in [4.78, 5) is 8.64. The molecule has 6 heteroatoms. The average Bonchev–Trinajstić information content (AvgIpc) is 2.37. The van der Waals surface area contributed by atoms with Crippen LogP contribution in [-0.2, 0) is 0 Å². The van der Waals surface area contributed by atoms with E-state index in [2.05, 4.69) is 27.5 Å². The third-order valence-electron chi connectivity index (χ3n) is 2.58. The fourth-order valence-corrected chi connectivity index (χ4v) is 1.53. The van der Waals surface area contributed by atoms with Crippen LogP contribution < -0.4 is 10.6 Å². The van der Waals surface area contributed by atoms with E-state index in [4.69, 9.17) is 10.2 Å². The second kappa shape index (κ2) is 7.13. The smallest absolute Gasteiger partial charge is 0.135 e. The molecule has 1 heterocycles. The van der Waals surface area contributed by atoms with Crippen LogP contribution in [0.2, 0.25) is 0 Å². The van der Waals surface area contributed by atoms with Gasteiger partial charge in [0.2, 0.25) is 0 Å². The number of nitrogens with one attached hydrogen (secondary N) is 2. The molecule has 0 aromatic carbocycles. The lowest BCUT2D eigenvalue weighted by Gasteiger charge is -2.18. The van der Waals surface area contributed by atoms with E-state index >= 15 is 0 Å². The Morgan fingerprint density at radius 2 is 1.72 bits per heavy atom. The maximum atomic E-state index is 9.08. The fraction of sp³-hybridized carbons (Fsp3) is 0.667. The maximum Gasteiger partial charge on any atom is 0.135 e. The fourth-order valence-electron chi connectivity index (χ4n) is 1.53. The molecule has 0 unspecified atom stereocenters. The van der Waals surface area contributed by atoms with E-state index < -0.39 is 6.04 Å². The van der Waals surface area contributed by atoms with E-state index in [1.807, 2.05) is 13.8 Å². The number of anilines is 2. The molecule has 0 aliphatic rings. The van der Waals surface area contributed by atoms with E-state index in [1.165, 1.54) is 0 Å². The molecule has 6 nitrogen and oxygen atoms in total. The molecule has 0 spiro atoms. The summed E-state index contributed by atoms with van der Waals surface area (Å²) in [5.41, 5.74) is 0.890. The monoisotopic (exact) mass is 254 g/mol. The lowest BCUT2D eigenvalue weighted by Crippen LogP contribution is -2.29. The first-order valence-electron chi connectivity index (χ1n) is 6.19. The molecule has 0 fully saturated rings. The molecule has 1 aromatic heterocycles. The molecule has 0 radical (unpaired) electrons. The van der Waals surface area contributed by atoms with Gasteiger partial charge in [-0.3, -0.25) is 0 Å². The Balaban J connectivity index is 2.93. The molecule has 18 heavy (non-hydrogen) atoms. The van der Waals surface area contributed by atoms with Gasteiger partial charge in [-0.2, -0.15) is 0 Å². The van der Waals surface area contributed by atoms with Crippen molar-refractivity contribution in [2.24, 2.45) is 0 Å². The molecule has 0 aliphatic carbocycles. The van der Waals surface area contributed by atoms with Crippen molar-refractivity contribution in [3.05, 3.63) is 11.4 Å². The standard InChI is InChI=1S/C12H22N4O2/c1-4-5-13-11-8(2)12(15-9(3)14-11)16-10(6-17)7-18/h10,17-18H,4-7H2,1-3H3,(H2,13,14,15,16). The highest BCUT2D eigenvalue weighted by molar-refractivity contribution is 5.57. The zero-order valence-electron chi connectivity index (χ0n) is 11.2. The summed E-state index contributed by atoms with van der Waals surface area (Å²) in [5, 5.41) is 24.4. The Bertz CT molecular complexity index is 381. The van der Waals surface area contributed by atoms with Crippen molar-refractivity contribution in [3.8, 4) is 0 Å². The highest BCUT2D eigenvalue weighted by Crippen LogP contribution is 2.20. The molecule has 0 saturated heterocycles. The summed E-state index contributed by atoms with van der Waals surface area (Å²) in [5.74, 6) is 2.09. The first-order chi connectivity index (χ1) is 8.62. The molecule has 0 amide bonds. The van der Waals surface area contributed by atoms with Crippen LogP contribution in [0.4, 0.5) is 11.6 Å². The van der Waals surface area contributed by atoms with Gasteiger partial charge in [-0.15, -0.1) is 0 Å². The Labute approximate surface area is 107 Å². The van der Waals surface area contributed by atoms with Crippen molar-refractivity contribution in [2.45, 2.75) is 33.2 Å². The van der Waals surface area contributed by atoms with Crippen LogP contribution in [0.25, 0.3) is 0 Å². The van der Waals surface area contributed by atoms with E-state index in [9.17, 15) is 0 Å². The lowest BCUT2D eigenvalue weighted by molar-refractivity contribution is 0.203. The van der Waals surface area contributed by atoms with E-state index in [-0.39, 0.29) is 13.2 Å². The third-order valence-corrected chi connectivity index (χ3v) is 2.58. The van der Waals surface area contributed by atoms with Gasteiger partial charge in [-0.25, -0.2) is 9.97 Å². The van der Waals surface area contributed by atoms with Gasteiger partial charge in [0.05, 0.1) is 19.3 Å². The lowest BCUT2D eigenvalue weighted by atomic mass is 10.2. The average molecular weight is 254 g/mol. The van der Waals surface area contributed by atoms with Gasteiger partial charge in [-0.1, -0.05) is 6.92 Å². The SMILES string of the molecule is CCCNc1nc(C)nc(NC(CO)CO)c1C. The number of hydrogen-bond donors (Lipinski definition) is 4. The quantitative estimate of drug-likeness (QED) is 0.572. The molecule has 0 bridgehead atoms. The number of aromatic nitrogens is 2. The highest BCUT2D eigenvalue weighted by Gasteiger charge is 2.12. The second-order valence-corrected chi connectivity index (χ2v) is 4.23. The van der Waals surface area contributed by atoms with Crippen LogP contribution in [0.15, 0.2) is 0 Å². The van der Waals surface area contributed by atoms with Crippen LogP contribution in [-0.4, -0.2) is 46.0 Å². The second-order valence-electron chi connectivity index (χ2n) is 4.23. The van der Waals surface area contributed by atoms with Crippen molar-refractivity contribution in [1.82, 2.24) is 9.97 Å². The number of aryl methyl sites for hydroxylation is 1. The van der Waals surface area contributed by atoms with Gasteiger partial charge < -0.3 is 20.8 Å². The van der Waals surface area contributed by atoms with Gasteiger partial charge in [0.15, 0.2) is 0 Å². The minimum Gasteiger partial charge on any atom is -0.394 e. The van der Waals surface area contributed by atoms with E-state index in [1.54, 1.807) is 0 Å². The number of aliphatic hydroxyl groups excluding tert-OH is 2. The molecule has 1 rings (SSSR count). The summed E-state index contributed by atoms with van der Waals surface area (Å²) in [6, 6.07) is -0.406. The van der Waals surface area contributed by atoms with Gasteiger partial charge in [0.25, 0.3) is 0 Å². The summed E-state index contributed by atoms with van der Waals surface area (Å²) in [6.07, 6.45) is 1.02. The molecule has 0 saturated carbocycles. The number of rotatable bonds is 7. The van der Waals surface area contributed by atoms with E-state index in [0.717, 1.165) is 24.3 Å². The van der Waals surface area contributed by atoms with Crippen molar-refractivity contribution < 1.29 is 10.2 Å². The Kier molecular flexibility index (Phi) is 5.80. The number of nitrogens with zero attached hydrogens (tertiary/aromatic N) is 2. The predicted molar refractivity (Wildman–Crippen MR) is 71.9 cm³/mol. The maximum absolute atomic E-state index is 9.08. The van der Waals surface area contributed by atoms with Crippen LogP contribution in [0.1, 0.15) is 24.7 Å². The zero-order valence-corrected chi connectivity index (χ0v) is 11.2. The Morgan fingerprint density at radius 1 is 1.11 bits per heavy atom. The molecule has 0 atom stereocenters. The summed E-state index contributed by atoms with van der Waals surface area (Å²) < 4.78 is 0. The van der Waals surface area contributed by atoms with Crippen molar-refractivity contribution in [1.29, 1.82) is 0 Å². The van der Waals surface area contributed by atoms with Crippen LogP contribution in [0.5, 0.6) is 0 Å². The van der Waals surface area contributed by atoms with Crippen LogP contribution in [0, 0.1) is 13.8 Å². The van der Waals surface area contributed by atoms with Crippen molar-refractivity contribution >= 4 is 11.6 Å². The summed E-state index contributed by atoms with van der Waals surface area (Å²) >= 11 is 0. The minimum absolute atomic E-state index is 0.142. The number of hydrogen-bond acceptors (Lipinski definition) is 6. The minimum atomic E-state index is -0.406. The molecular formula is C12H22N4O2. The Morgan fingerprint density at radius 3 is 2.28 bits per heavy atom. The van der Waals surface area contributed by atoms with Crippen LogP contribution >= 0.6 is 0 Å². The van der Waals surface area contributed by atoms with Crippen molar-refractivity contribution in [3.63, 3.8) is 0 Å². The molecule has 0 aliphatic heterocycles. The largest absolute Gasteiger partial charge is 0.394 e. The van der Waals surface area contributed by atoms with Crippen molar-refractivity contribution in [2.75, 3.05) is 30.4 Å². The number of aliphatic hydroxyl groups is 2. The molecule has 1 aromatic rings. The van der Waals surface area contributed by atoms with Gasteiger partial charge in [-0.05, 0) is 20.3 Å². The zero-order chi connectivity index (χ0) is 13.5. The highest BCUT2D eigenvalue weighted by atomic mass is 16.3. The van der Waals surface area contributed by atoms with Gasteiger partial charge >= 0.3 is 0 Å². The van der Waals surface area contributed by atoms with Gasteiger partial charge in [0.1, 0.15) is 17.5 Å². The van der Waals surface area contributed by atoms with Crippen LogP contribution in [0.3, 0.4) is 0 Å². The molecule has 102 valence electrons. The topological polar surface area (TPSA) is 90.3 Å². The first kappa shape index (κ1) is 14.7. The summed E-state index contributed by atoms with van der Waals surface area (Å²) in [7, 11) is 0. The first-order valence-corrected chi connectivity index (χ1v) is 6.19. The third kappa shape index (κ3) is 3.82. The van der Waals surface area contributed by atoms with Gasteiger partial charge in [0, 0.05) is 12.1 Å². The normalized spacial score (nSPS) is 10.8. The summed E-state index contributed by atoms with van der Waals surface area (Å²) in [6.45, 7) is 6.37. The van der Waals surface area contributed by atoms with E-state index in [0.29, 0.717) is 11.6 Å². The molecule has 4 N–H and O–H groups in total.